The summed E-state index contributed by atoms with van der Waals surface area (Å²) < 4.78 is 49.2. The van der Waals surface area contributed by atoms with E-state index in [4.69, 9.17) is 9.47 Å². The van der Waals surface area contributed by atoms with Crippen LogP contribution in [0, 0.1) is 5.92 Å². The van der Waals surface area contributed by atoms with Crippen LogP contribution >= 0.6 is 0 Å². The quantitative estimate of drug-likeness (QED) is 0.608. The normalized spacial score (nSPS) is 11.2. The van der Waals surface area contributed by atoms with Crippen molar-refractivity contribution in [1.82, 2.24) is 10.9 Å². The van der Waals surface area contributed by atoms with Gasteiger partial charge in [0.2, 0.25) is 5.91 Å². The molecule has 0 unspecified atom stereocenters. The molecule has 0 atom stereocenters. The van der Waals surface area contributed by atoms with Gasteiger partial charge in [-0.2, -0.15) is 13.2 Å². The second-order valence-electron chi connectivity index (χ2n) is 7.27. The zero-order valence-electron chi connectivity index (χ0n) is 17.5. The highest BCUT2D eigenvalue weighted by atomic mass is 19.4. The minimum Gasteiger partial charge on any atom is -0.493 e. The van der Waals surface area contributed by atoms with Crippen LogP contribution in [0.4, 0.5) is 13.2 Å². The summed E-state index contributed by atoms with van der Waals surface area (Å²) in [4.78, 5) is 24.3. The highest BCUT2D eigenvalue weighted by Crippen LogP contribution is 2.30. The fraction of sp³-hybridized carbons (Fsp3) is 0.364. The van der Waals surface area contributed by atoms with Crippen LogP contribution in [0.25, 0.3) is 0 Å². The predicted molar refractivity (Wildman–Crippen MR) is 109 cm³/mol. The van der Waals surface area contributed by atoms with Crippen LogP contribution in [0.5, 0.6) is 11.5 Å². The number of hydrazine groups is 1. The molecule has 31 heavy (non-hydrogen) atoms. The number of ether oxygens (including phenoxy) is 2. The number of hydrogen-bond donors (Lipinski definition) is 2. The lowest BCUT2D eigenvalue weighted by Crippen LogP contribution is -2.42. The van der Waals surface area contributed by atoms with E-state index in [1.165, 1.54) is 31.4 Å². The van der Waals surface area contributed by atoms with Crippen LogP contribution in [0.2, 0.25) is 0 Å². The number of halogens is 3. The third kappa shape index (κ3) is 7.51. The second kappa shape index (κ2) is 10.7. The van der Waals surface area contributed by atoms with E-state index >= 15 is 0 Å². The number of alkyl halides is 3. The molecule has 0 aromatic heterocycles. The van der Waals surface area contributed by atoms with Crippen molar-refractivity contribution in [2.24, 2.45) is 5.92 Å². The molecule has 0 aliphatic rings. The van der Waals surface area contributed by atoms with Gasteiger partial charge in [0.05, 0.1) is 25.7 Å². The number of carbonyl (C=O) groups excluding carboxylic acids is 2. The summed E-state index contributed by atoms with van der Waals surface area (Å²) in [5.74, 6) is 0.0771. The molecule has 2 aromatic carbocycles. The van der Waals surface area contributed by atoms with Crippen LogP contribution in [-0.4, -0.2) is 25.5 Å². The van der Waals surface area contributed by atoms with Gasteiger partial charge < -0.3 is 9.47 Å². The molecule has 0 heterocycles. The van der Waals surface area contributed by atoms with Gasteiger partial charge in [-0.05, 0) is 42.2 Å². The molecular weight excluding hydrogens is 413 g/mol. The Kier molecular flexibility index (Phi) is 8.30. The molecule has 2 amide bonds. The maximum Gasteiger partial charge on any atom is 0.416 e. The highest BCUT2D eigenvalue weighted by molar-refractivity contribution is 5.96. The molecular formula is C22H25F3N2O4. The van der Waals surface area contributed by atoms with E-state index in [1.54, 1.807) is 6.07 Å². The Labute approximate surface area is 178 Å². The predicted octanol–water partition coefficient (Wildman–Crippen LogP) is 4.14. The summed E-state index contributed by atoms with van der Waals surface area (Å²) >= 11 is 0. The zero-order valence-corrected chi connectivity index (χ0v) is 17.5. The molecule has 2 rings (SSSR count). The molecule has 0 fully saturated rings. The van der Waals surface area contributed by atoms with Crippen molar-refractivity contribution >= 4 is 11.8 Å². The lowest BCUT2D eigenvalue weighted by Gasteiger charge is -2.13. The third-order valence-corrected chi connectivity index (χ3v) is 4.31. The van der Waals surface area contributed by atoms with Gasteiger partial charge in [0.25, 0.3) is 5.91 Å². The van der Waals surface area contributed by atoms with Crippen molar-refractivity contribution < 1.29 is 32.2 Å². The maximum absolute atomic E-state index is 12.8. The molecule has 6 nitrogen and oxygen atoms in total. The van der Waals surface area contributed by atoms with E-state index in [1.807, 2.05) is 0 Å². The lowest BCUT2D eigenvalue weighted by molar-refractivity contribution is -0.137. The van der Waals surface area contributed by atoms with Gasteiger partial charge in [0.15, 0.2) is 11.5 Å². The Morgan fingerprint density at radius 1 is 1.03 bits per heavy atom. The fourth-order valence-corrected chi connectivity index (χ4v) is 2.62. The molecule has 0 saturated heterocycles. The largest absolute Gasteiger partial charge is 0.493 e. The zero-order chi connectivity index (χ0) is 23.0. The van der Waals surface area contributed by atoms with Gasteiger partial charge in [-0.15, -0.1) is 0 Å². The van der Waals surface area contributed by atoms with Crippen molar-refractivity contribution in [1.29, 1.82) is 0 Å². The minimum absolute atomic E-state index is 0.172. The second-order valence-corrected chi connectivity index (χ2v) is 7.27. The van der Waals surface area contributed by atoms with E-state index in [-0.39, 0.29) is 17.5 Å². The van der Waals surface area contributed by atoms with E-state index in [2.05, 4.69) is 24.7 Å². The lowest BCUT2D eigenvalue weighted by atomic mass is 10.1. The first-order chi connectivity index (χ1) is 14.6. The van der Waals surface area contributed by atoms with Crippen LogP contribution in [-0.2, 0) is 17.4 Å². The Bertz CT molecular complexity index is 914. The van der Waals surface area contributed by atoms with Crippen LogP contribution in [0.1, 0.15) is 41.8 Å². The number of carbonyl (C=O) groups is 2. The number of nitrogens with one attached hydrogen (secondary N) is 2. The summed E-state index contributed by atoms with van der Waals surface area (Å²) in [6.07, 6.45) is -3.95. The molecule has 0 radical (unpaired) electrons. The average Bonchev–Trinajstić information content (AvgIpc) is 2.71. The molecule has 0 spiro atoms. The fourth-order valence-electron chi connectivity index (χ4n) is 2.62. The van der Waals surface area contributed by atoms with Gasteiger partial charge in [-0.3, -0.25) is 20.4 Å². The van der Waals surface area contributed by atoms with Crippen molar-refractivity contribution in [3.63, 3.8) is 0 Å². The number of rotatable bonds is 8. The van der Waals surface area contributed by atoms with E-state index in [0.29, 0.717) is 24.0 Å². The first-order valence-electron chi connectivity index (χ1n) is 9.66. The number of hydrogen-bond acceptors (Lipinski definition) is 4. The smallest absolute Gasteiger partial charge is 0.416 e. The van der Waals surface area contributed by atoms with Crippen LogP contribution < -0.4 is 20.3 Å². The maximum atomic E-state index is 12.8. The first-order valence-corrected chi connectivity index (χ1v) is 9.66. The first kappa shape index (κ1) is 24.0. The van der Waals surface area contributed by atoms with Gasteiger partial charge in [-0.25, -0.2) is 0 Å². The molecule has 2 N–H and O–H groups in total. The van der Waals surface area contributed by atoms with Crippen molar-refractivity contribution in [2.75, 3.05) is 13.7 Å². The Balaban J connectivity index is 1.94. The Morgan fingerprint density at radius 3 is 2.42 bits per heavy atom. The van der Waals surface area contributed by atoms with Gasteiger partial charge in [0, 0.05) is 5.56 Å². The van der Waals surface area contributed by atoms with Crippen LogP contribution in [0.15, 0.2) is 42.5 Å². The SMILES string of the molecule is COc1cc(C(=O)NNC(=O)Cc2cccc(C(F)(F)F)c2)ccc1OCCC(C)C. The summed E-state index contributed by atoms with van der Waals surface area (Å²) in [6.45, 7) is 4.66. The summed E-state index contributed by atoms with van der Waals surface area (Å²) in [5.41, 5.74) is 3.97. The summed E-state index contributed by atoms with van der Waals surface area (Å²) in [7, 11) is 1.45. The van der Waals surface area contributed by atoms with Crippen LogP contribution in [0.3, 0.4) is 0 Å². The van der Waals surface area contributed by atoms with Crippen molar-refractivity contribution in [3.8, 4) is 11.5 Å². The van der Waals surface area contributed by atoms with Gasteiger partial charge >= 0.3 is 6.18 Å². The van der Waals surface area contributed by atoms with Crippen molar-refractivity contribution in [2.45, 2.75) is 32.9 Å². The molecule has 168 valence electrons. The Morgan fingerprint density at radius 2 is 1.77 bits per heavy atom. The van der Waals surface area contributed by atoms with E-state index < -0.39 is 23.6 Å². The average molecular weight is 438 g/mol. The number of benzene rings is 2. The molecule has 0 bridgehead atoms. The molecule has 9 heteroatoms. The standard InChI is InChI=1S/C22H25F3N2O4/c1-14(2)9-10-31-18-8-7-16(13-19(18)30-3)21(29)27-26-20(28)12-15-5-4-6-17(11-15)22(23,24)25/h4-8,11,13-14H,9-10,12H2,1-3H3,(H,26,28)(H,27,29). The number of methoxy groups -OCH3 is 1. The van der Waals surface area contributed by atoms with Gasteiger partial charge in [-0.1, -0.05) is 32.0 Å². The topological polar surface area (TPSA) is 76.7 Å². The third-order valence-electron chi connectivity index (χ3n) is 4.31. The molecule has 0 aliphatic heterocycles. The molecule has 0 saturated carbocycles. The summed E-state index contributed by atoms with van der Waals surface area (Å²) in [5, 5.41) is 0. The monoisotopic (exact) mass is 438 g/mol. The summed E-state index contributed by atoms with van der Waals surface area (Å²) in [6, 6.07) is 9.02. The van der Waals surface area contributed by atoms with Gasteiger partial charge in [0.1, 0.15) is 0 Å². The minimum atomic E-state index is -4.50. The molecule has 2 aromatic rings. The van der Waals surface area contributed by atoms with Crippen molar-refractivity contribution in [3.05, 3.63) is 59.2 Å². The molecule has 0 aliphatic carbocycles. The number of amides is 2. The van der Waals surface area contributed by atoms with E-state index in [0.717, 1.165) is 18.6 Å². The highest BCUT2D eigenvalue weighted by Gasteiger charge is 2.30. The Hall–Kier alpha value is -3.23. The van der Waals surface area contributed by atoms with E-state index in [9.17, 15) is 22.8 Å².